The molecular formula is C16H19NOS. The summed E-state index contributed by atoms with van der Waals surface area (Å²) in [4.78, 5) is 1.28. The number of methoxy groups -OCH3 is 1. The number of ether oxygens (including phenoxy) is 1. The molecule has 0 heterocycles. The van der Waals surface area contributed by atoms with E-state index in [1.54, 1.807) is 7.11 Å². The fourth-order valence-corrected chi connectivity index (χ4v) is 2.93. The predicted octanol–water partition coefficient (Wildman–Crippen LogP) is 3.75. The van der Waals surface area contributed by atoms with Gasteiger partial charge in [0.25, 0.3) is 0 Å². The Balaban J connectivity index is 2.14. The van der Waals surface area contributed by atoms with Crippen LogP contribution in [0, 0.1) is 6.92 Å². The van der Waals surface area contributed by atoms with Crippen molar-refractivity contribution >= 4 is 11.8 Å². The third-order valence-electron chi connectivity index (χ3n) is 2.96. The Morgan fingerprint density at radius 2 is 2.00 bits per heavy atom. The van der Waals surface area contributed by atoms with Crippen molar-refractivity contribution in [2.24, 2.45) is 5.73 Å². The first-order chi connectivity index (χ1) is 9.22. The molecule has 0 saturated heterocycles. The lowest BCUT2D eigenvalue weighted by molar-refractivity contribution is 0.411. The molecule has 0 aromatic heterocycles. The third-order valence-corrected chi connectivity index (χ3v) is 4.01. The van der Waals surface area contributed by atoms with Crippen LogP contribution < -0.4 is 10.5 Å². The maximum absolute atomic E-state index is 5.69. The lowest BCUT2D eigenvalue weighted by Crippen LogP contribution is -1.98. The number of benzene rings is 2. The molecule has 19 heavy (non-hydrogen) atoms. The van der Waals surface area contributed by atoms with Crippen molar-refractivity contribution in [3.8, 4) is 5.75 Å². The molecule has 0 radical (unpaired) electrons. The summed E-state index contributed by atoms with van der Waals surface area (Å²) < 4.78 is 5.40. The first kappa shape index (κ1) is 14.0. The molecule has 0 amide bonds. The fraction of sp³-hybridized carbons (Fsp3) is 0.250. The van der Waals surface area contributed by atoms with Gasteiger partial charge in [-0.05, 0) is 36.8 Å². The van der Waals surface area contributed by atoms with Gasteiger partial charge in [-0.2, -0.15) is 0 Å². The van der Waals surface area contributed by atoms with Crippen LogP contribution in [0.15, 0.2) is 47.4 Å². The van der Waals surface area contributed by atoms with Crippen molar-refractivity contribution in [2.45, 2.75) is 24.1 Å². The molecule has 2 aromatic rings. The van der Waals surface area contributed by atoms with Crippen LogP contribution in [0.5, 0.6) is 5.75 Å². The molecule has 100 valence electrons. The largest absolute Gasteiger partial charge is 0.496 e. The van der Waals surface area contributed by atoms with E-state index in [2.05, 4.69) is 37.3 Å². The molecule has 0 aliphatic rings. The summed E-state index contributed by atoms with van der Waals surface area (Å²) in [5, 5.41) is 0. The summed E-state index contributed by atoms with van der Waals surface area (Å²) in [6.07, 6.45) is 0. The van der Waals surface area contributed by atoms with Crippen LogP contribution in [0.1, 0.15) is 16.7 Å². The van der Waals surface area contributed by atoms with Gasteiger partial charge in [-0.3, -0.25) is 0 Å². The van der Waals surface area contributed by atoms with Crippen LogP contribution >= 0.6 is 11.8 Å². The molecule has 0 bridgehead atoms. The van der Waals surface area contributed by atoms with Crippen LogP contribution in [0.3, 0.4) is 0 Å². The lowest BCUT2D eigenvalue weighted by Gasteiger charge is -2.10. The number of hydrogen-bond donors (Lipinski definition) is 1. The second-order valence-electron chi connectivity index (χ2n) is 4.46. The second-order valence-corrected chi connectivity index (χ2v) is 5.50. The van der Waals surface area contributed by atoms with E-state index in [9.17, 15) is 0 Å². The normalized spacial score (nSPS) is 10.5. The van der Waals surface area contributed by atoms with Gasteiger partial charge < -0.3 is 10.5 Å². The van der Waals surface area contributed by atoms with Gasteiger partial charge in [0.05, 0.1) is 7.11 Å². The summed E-state index contributed by atoms with van der Waals surface area (Å²) in [5.41, 5.74) is 9.31. The van der Waals surface area contributed by atoms with E-state index in [1.807, 2.05) is 23.9 Å². The highest BCUT2D eigenvalue weighted by Gasteiger charge is 2.05. The third kappa shape index (κ3) is 3.75. The van der Waals surface area contributed by atoms with Crippen LogP contribution in [0.25, 0.3) is 0 Å². The molecular weight excluding hydrogens is 254 g/mol. The molecule has 2 N–H and O–H groups in total. The average Bonchev–Trinajstić information content (AvgIpc) is 2.45. The van der Waals surface area contributed by atoms with Crippen LogP contribution in [0.2, 0.25) is 0 Å². The highest BCUT2D eigenvalue weighted by Crippen LogP contribution is 2.29. The molecule has 2 nitrogen and oxygen atoms in total. The molecule has 0 aliphatic heterocycles. The van der Waals surface area contributed by atoms with Crippen LogP contribution in [0.4, 0.5) is 0 Å². The number of hydrogen-bond acceptors (Lipinski definition) is 3. The Morgan fingerprint density at radius 1 is 1.16 bits per heavy atom. The maximum atomic E-state index is 5.69. The van der Waals surface area contributed by atoms with E-state index >= 15 is 0 Å². The van der Waals surface area contributed by atoms with E-state index in [-0.39, 0.29) is 0 Å². The van der Waals surface area contributed by atoms with Gasteiger partial charge in [0.1, 0.15) is 5.75 Å². The highest BCUT2D eigenvalue weighted by atomic mass is 32.2. The van der Waals surface area contributed by atoms with Gasteiger partial charge in [0.15, 0.2) is 0 Å². The topological polar surface area (TPSA) is 35.2 Å². The summed E-state index contributed by atoms with van der Waals surface area (Å²) >= 11 is 1.82. The SMILES string of the molecule is COc1ccc(CN)cc1CSc1cccc(C)c1. The molecule has 0 aliphatic carbocycles. The first-order valence-corrected chi connectivity index (χ1v) is 7.27. The van der Waals surface area contributed by atoms with E-state index in [0.29, 0.717) is 6.54 Å². The monoisotopic (exact) mass is 273 g/mol. The van der Waals surface area contributed by atoms with Gasteiger partial charge in [-0.25, -0.2) is 0 Å². The quantitative estimate of drug-likeness (QED) is 0.843. The zero-order chi connectivity index (χ0) is 13.7. The summed E-state index contributed by atoms with van der Waals surface area (Å²) in [7, 11) is 1.71. The van der Waals surface area contributed by atoms with E-state index in [1.165, 1.54) is 16.0 Å². The van der Waals surface area contributed by atoms with Crippen LogP contribution in [-0.4, -0.2) is 7.11 Å². The highest BCUT2D eigenvalue weighted by molar-refractivity contribution is 7.98. The average molecular weight is 273 g/mol. The molecule has 0 unspecified atom stereocenters. The van der Waals surface area contributed by atoms with Gasteiger partial charge in [-0.1, -0.05) is 23.8 Å². The molecule has 0 atom stereocenters. The Bertz CT molecular complexity index is 554. The number of rotatable bonds is 5. The minimum atomic E-state index is 0.562. The van der Waals surface area contributed by atoms with Crippen molar-refractivity contribution in [2.75, 3.05) is 7.11 Å². The van der Waals surface area contributed by atoms with Crippen molar-refractivity contribution in [1.29, 1.82) is 0 Å². The Kier molecular flexibility index (Phi) is 4.88. The predicted molar refractivity (Wildman–Crippen MR) is 81.6 cm³/mol. The number of nitrogens with two attached hydrogens (primary N) is 1. The summed E-state index contributed by atoms with van der Waals surface area (Å²) in [6, 6.07) is 14.7. The van der Waals surface area contributed by atoms with E-state index in [0.717, 1.165) is 17.1 Å². The molecule has 2 rings (SSSR count). The molecule has 3 heteroatoms. The summed E-state index contributed by atoms with van der Waals surface area (Å²) in [6.45, 7) is 2.67. The van der Waals surface area contributed by atoms with Crippen molar-refractivity contribution in [3.05, 3.63) is 59.2 Å². The zero-order valence-electron chi connectivity index (χ0n) is 11.3. The maximum Gasteiger partial charge on any atom is 0.122 e. The lowest BCUT2D eigenvalue weighted by atomic mass is 10.1. The Hall–Kier alpha value is -1.45. The molecule has 0 fully saturated rings. The Morgan fingerprint density at radius 3 is 2.68 bits per heavy atom. The second kappa shape index (κ2) is 6.64. The molecule has 0 spiro atoms. The van der Waals surface area contributed by atoms with Crippen LogP contribution in [-0.2, 0) is 12.3 Å². The van der Waals surface area contributed by atoms with Crippen molar-refractivity contribution in [3.63, 3.8) is 0 Å². The van der Waals surface area contributed by atoms with Gasteiger partial charge in [-0.15, -0.1) is 11.8 Å². The van der Waals surface area contributed by atoms with Crippen molar-refractivity contribution < 1.29 is 4.74 Å². The van der Waals surface area contributed by atoms with Gasteiger partial charge >= 0.3 is 0 Å². The molecule has 2 aromatic carbocycles. The smallest absolute Gasteiger partial charge is 0.122 e. The summed E-state index contributed by atoms with van der Waals surface area (Å²) in [5.74, 6) is 1.82. The van der Waals surface area contributed by atoms with E-state index < -0.39 is 0 Å². The minimum absolute atomic E-state index is 0.562. The standard InChI is InChI=1S/C16H19NOS/c1-12-4-3-5-15(8-12)19-11-14-9-13(10-17)6-7-16(14)18-2/h3-9H,10-11,17H2,1-2H3. The van der Waals surface area contributed by atoms with Crippen molar-refractivity contribution in [1.82, 2.24) is 0 Å². The van der Waals surface area contributed by atoms with Gasteiger partial charge in [0.2, 0.25) is 0 Å². The molecule has 0 saturated carbocycles. The fourth-order valence-electron chi connectivity index (χ4n) is 1.94. The Labute approximate surface area is 119 Å². The number of aryl methyl sites for hydroxylation is 1. The first-order valence-electron chi connectivity index (χ1n) is 6.28. The number of thioether (sulfide) groups is 1. The van der Waals surface area contributed by atoms with E-state index in [4.69, 9.17) is 10.5 Å². The van der Waals surface area contributed by atoms with Gasteiger partial charge in [0, 0.05) is 22.8 Å². The zero-order valence-corrected chi connectivity index (χ0v) is 12.2. The minimum Gasteiger partial charge on any atom is -0.496 e.